The second kappa shape index (κ2) is 6.95. The van der Waals surface area contributed by atoms with Crippen LogP contribution in [0.4, 0.5) is 0 Å². The van der Waals surface area contributed by atoms with Crippen LogP contribution in [-0.4, -0.2) is 30.1 Å². The van der Waals surface area contributed by atoms with Gasteiger partial charge < -0.3 is 15.2 Å². The summed E-state index contributed by atoms with van der Waals surface area (Å²) in [7, 11) is 1.21. The van der Waals surface area contributed by atoms with E-state index in [1.165, 1.54) is 7.11 Å². The fourth-order valence-corrected chi connectivity index (χ4v) is 1.38. The minimum atomic E-state index is -1.25. The molecule has 0 fully saturated rings. The second-order valence-corrected chi connectivity index (χ2v) is 3.55. The van der Waals surface area contributed by atoms with E-state index < -0.39 is 23.9 Å². The van der Waals surface area contributed by atoms with Crippen LogP contribution in [0.3, 0.4) is 0 Å². The van der Waals surface area contributed by atoms with Gasteiger partial charge in [-0.2, -0.15) is 0 Å². The Morgan fingerprint density at radius 1 is 1.21 bits per heavy atom. The normalized spacial score (nSPS) is 11.8. The molecule has 0 saturated carbocycles. The van der Waals surface area contributed by atoms with E-state index in [0.29, 0.717) is 11.6 Å². The van der Waals surface area contributed by atoms with Gasteiger partial charge in [0.25, 0.3) is 0 Å². The van der Waals surface area contributed by atoms with Crippen LogP contribution in [0, 0.1) is 0 Å². The Bertz CT molecular complexity index is 495. The Hall–Kier alpha value is -2.63. The number of hydrogen-bond donors (Lipinski definition) is 2. The Morgan fingerprint density at radius 2 is 1.84 bits per heavy atom. The predicted octanol–water partition coefficient (Wildman–Crippen LogP) is 0.658. The maximum Gasteiger partial charge on any atom is 0.333 e. The third-order valence-corrected chi connectivity index (χ3v) is 2.23. The largest absolute Gasteiger partial charge is 0.478 e. The van der Waals surface area contributed by atoms with Crippen LogP contribution in [0.2, 0.25) is 0 Å². The molecule has 0 bridgehead atoms. The van der Waals surface area contributed by atoms with E-state index >= 15 is 0 Å². The number of amides is 1. The summed E-state index contributed by atoms with van der Waals surface area (Å²) in [4.78, 5) is 33.4. The van der Waals surface area contributed by atoms with Crippen molar-refractivity contribution in [3.05, 3.63) is 48.0 Å². The van der Waals surface area contributed by atoms with Crippen LogP contribution >= 0.6 is 0 Å². The average Bonchev–Trinajstić information content (AvgIpc) is 2.42. The number of carboxylic acid groups (broad SMARTS) is 1. The summed E-state index contributed by atoms with van der Waals surface area (Å²) in [5, 5.41) is 10.8. The van der Waals surface area contributed by atoms with Gasteiger partial charge in [0.15, 0.2) is 6.04 Å². The van der Waals surface area contributed by atoms with Crippen molar-refractivity contribution in [2.24, 2.45) is 0 Å². The highest BCUT2D eigenvalue weighted by molar-refractivity contribution is 5.96. The zero-order valence-corrected chi connectivity index (χ0v) is 10.2. The first kappa shape index (κ1) is 14.4. The number of nitrogens with one attached hydrogen (secondary N) is 1. The molecule has 0 radical (unpaired) electrons. The van der Waals surface area contributed by atoms with E-state index in [9.17, 15) is 14.4 Å². The van der Waals surface area contributed by atoms with Crippen LogP contribution in [0.15, 0.2) is 42.5 Å². The molecule has 1 rings (SSSR count). The van der Waals surface area contributed by atoms with E-state index in [1.807, 2.05) is 0 Å². The molecule has 1 atom stereocenters. The molecule has 1 aromatic carbocycles. The fourth-order valence-electron chi connectivity index (χ4n) is 1.38. The van der Waals surface area contributed by atoms with E-state index in [4.69, 9.17) is 5.11 Å². The summed E-state index contributed by atoms with van der Waals surface area (Å²) in [5.41, 5.74) is 0.548. The lowest BCUT2D eigenvalue weighted by Crippen LogP contribution is -2.33. The van der Waals surface area contributed by atoms with Crippen molar-refractivity contribution in [1.29, 1.82) is 0 Å². The highest BCUT2D eigenvalue weighted by Gasteiger charge is 2.22. The maximum atomic E-state index is 11.6. The summed E-state index contributed by atoms with van der Waals surface area (Å²) in [6, 6.07) is 7.53. The number of aliphatic carboxylic acids is 1. The van der Waals surface area contributed by atoms with Crippen LogP contribution in [0.5, 0.6) is 0 Å². The molecule has 0 spiro atoms. The molecular formula is C13H13NO5. The lowest BCUT2D eigenvalue weighted by Gasteiger charge is -2.15. The summed E-state index contributed by atoms with van der Waals surface area (Å²) in [6.07, 6.45) is 1.52. The molecule has 0 heterocycles. The van der Waals surface area contributed by atoms with Gasteiger partial charge in [-0.1, -0.05) is 30.3 Å². The summed E-state index contributed by atoms with van der Waals surface area (Å²) >= 11 is 0. The topological polar surface area (TPSA) is 92.7 Å². The number of benzene rings is 1. The SMILES string of the molecule is COC(=O)C(NC(=O)C=CC(=O)O)c1ccccc1. The number of carboxylic acids is 1. The zero-order chi connectivity index (χ0) is 14.3. The average molecular weight is 263 g/mol. The van der Waals surface area contributed by atoms with Crippen LogP contribution in [0.1, 0.15) is 11.6 Å². The smallest absolute Gasteiger partial charge is 0.333 e. The number of rotatable bonds is 5. The molecule has 1 aromatic rings. The standard InChI is InChI=1S/C13H13NO5/c1-19-13(18)12(9-5-3-2-4-6-9)14-10(15)7-8-11(16)17/h2-8,12H,1H3,(H,14,15)(H,16,17). The Labute approximate surface area is 109 Å². The number of carbonyl (C=O) groups excluding carboxylic acids is 2. The molecule has 0 aromatic heterocycles. The van der Waals surface area contributed by atoms with Crippen molar-refractivity contribution >= 4 is 17.8 Å². The van der Waals surface area contributed by atoms with Crippen molar-refractivity contribution in [3.8, 4) is 0 Å². The molecule has 2 N–H and O–H groups in total. The first-order chi connectivity index (χ1) is 9.04. The van der Waals surface area contributed by atoms with Crippen molar-refractivity contribution in [2.75, 3.05) is 7.11 Å². The van der Waals surface area contributed by atoms with Gasteiger partial charge in [-0.15, -0.1) is 0 Å². The van der Waals surface area contributed by atoms with E-state index in [-0.39, 0.29) is 0 Å². The lowest BCUT2D eigenvalue weighted by molar-refractivity contribution is -0.144. The van der Waals surface area contributed by atoms with Crippen LogP contribution < -0.4 is 5.32 Å². The van der Waals surface area contributed by atoms with Gasteiger partial charge in [0.1, 0.15) is 0 Å². The van der Waals surface area contributed by atoms with Crippen molar-refractivity contribution in [1.82, 2.24) is 5.32 Å². The Morgan fingerprint density at radius 3 is 2.37 bits per heavy atom. The molecule has 19 heavy (non-hydrogen) atoms. The number of esters is 1. The molecule has 100 valence electrons. The molecule has 0 aliphatic rings. The third kappa shape index (κ3) is 4.63. The maximum absolute atomic E-state index is 11.6. The lowest BCUT2D eigenvalue weighted by atomic mass is 10.1. The number of methoxy groups -OCH3 is 1. The van der Waals surface area contributed by atoms with Crippen molar-refractivity contribution < 1.29 is 24.2 Å². The molecule has 1 unspecified atom stereocenters. The summed E-state index contributed by atoms with van der Waals surface area (Å²) < 4.78 is 4.60. The van der Waals surface area contributed by atoms with Crippen LogP contribution in [0.25, 0.3) is 0 Å². The quantitative estimate of drug-likeness (QED) is 0.601. The molecule has 0 saturated heterocycles. The third-order valence-electron chi connectivity index (χ3n) is 2.23. The van der Waals surface area contributed by atoms with E-state index in [0.717, 1.165) is 6.08 Å². The number of carbonyl (C=O) groups is 3. The Kier molecular flexibility index (Phi) is 5.28. The summed E-state index contributed by atoms with van der Waals surface area (Å²) in [5.74, 6) is -2.57. The Balaban J connectivity index is 2.85. The van der Waals surface area contributed by atoms with Crippen molar-refractivity contribution in [3.63, 3.8) is 0 Å². The van der Waals surface area contributed by atoms with E-state index in [2.05, 4.69) is 10.1 Å². The monoisotopic (exact) mass is 263 g/mol. The molecule has 0 aliphatic heterocycles. The first-order valence-electron chi connectivity index (χ1n) is 5.39. The molecule has 1 amide bonds. The molecule has 6 heteroatoms. The van der Waals surface area contributed by atoms with Gasteiger partial charge in [-0.05, 0) is 5.56 Å². The highest BCUT2D eigenvalue weighted by Crippen LogP contribution is 2.13. The predicted molar refractivity (Wildman–Crippen MR) is 66.1 cm³/mol. The van der Waals surface area contributed by atoms with Gasteiger partial charge in [0, 0.05) is 12.2 Å². The fraction of sp³-hybridized carbons (Fsp3) is 0.154. The number of hydrogen-bond acceptors (Lipinski definition) is 4. The first-order valence-corrected chi connectivity index (χ1v) is 5.39. The molecular weight excluding hydrogens is 250 g/mol. The summed E-state index contributed by atoms with van der Waals surface area (Å²) in [6.45, 7) is 0. The van der Waals surface area contributed by atoms with Gasteiger partial charge in [0.05, 0.1) is 7.11 Å². The van der Waals surface area contributed by atoms with Crippen LogP contribution in [-0.2, 0) is 19.1 Å². The van der Waals surface area contributed by atoms with Gasteiger partial charge in [0.2, 0.25) is 5.91 Å². The minimum absolute atomic E-state index is 0.548. The number of ether oxygens (including phenoxy) is 1. The second-order valence-electron chi connectivity index (χ2n) is 3.55. The van der Waals surface area contributed by atoms with Gasteiger partial charge >= 0.3 is 11.9 Å². The molecule has 6 nitrogen and oxygen atoms in total. The van der Waals surface area contributed by atoms with E-state index in [1.54, 1.807) is 30.3 Å². The zero-order valence-electron chi connectivity index (χ0n) is 10.2. The molecule has 0 aliphatic carbocycles. The van der Waals surface area contributed by atoms with Gasteiger partial charge in [-0.3, -0.25) is 4.79 Å². The highest BCUT2D eigenvalue weighted by atomic mass is 16.5. The van der Waals surface area contributed by atoms with Crippen molar-refractivity contribution in [2.45, 2.75) is 6.04 Å². The minimum Gasteiger partial charge on any atom is -0.478 e. The van der Waals surface area contributed by atoms with Gasteiger partial charge in [-0.25, -0.2) is 9.59 Å².